The van der Waals surface area contributed by atoms with Crippen LogP contribution in [0.1, 0.15) is 11.1 Å². The lowest BCUT2D eigenvalue weighted by Gasteiger charge is -2.08. The number of rotatable bonds is 5. The third-order valence-electron chi connectivity index (χ3n) is 2.72. The molecule has 6 heteroatoms. The molecule has 0 aliphatic carbocycles. The first kappa shape index (κ1) is 14.5. The van der Waals surface area contributed by atoms with Crippen LogP contribution in [0, 0.1) is 6.92 Å². The summed E-state index contributed by atoms with van der Waals surface area (Å²) < 4.78 is 26.9. The lowest BCUT2D eigenvalue weighted by molar-refractivity contribution is 0.597. The largest absolute Gasteiger partial charge is 0.316 e. The molecule has 0 spiro atoms. The first-order chi connectivity index (χ1) is 9.51. The Morgan fingerprint density at radius 1 is 1.20 bits per heavy atom. The van der Waals surface area contributed by atoms with Gasteiger partial charge in [-0.25, -0.2) is 4.98 Å². The molecule has 2 rings (SSSR count). The highest BCUT2D eigenvalue weighted by Crippen LogP contribution is 2.15. The molecule has 0 bridgehead atoms. The van der Waals surface area contributed by atoms with Crippen molar-refractivity contribution in [2.75, 3.05) is 11.8 Å². The van der Waals surface area contributed by atoms with Gasteiger partial charge in [-0.2, -0.15) is 8.42 Å². The molecule has 0 aliphatic heterocycles. The predicted molar refractivity (Wildman–Crippen MR) is 79.0 cm³/mol. The minimum atomic E-state index is -3.64. The normalized spacial score (nSPS) is 11.3. The van der Waals surface area contributed by atoms with Gasteiger partial charge in [-0.15, -0.1) is 0 Å². The Morgan fingerprint density at radius 3 is 2.60 bits per heavy atom. The van der Waals surface area contributed by atoms with E-state index in [2.05, 4.69) is 15.0 Å². The minimum Gasteiger partial charge on any atom is -0.316 e. The summed E-state index contributed by atoms with van der Waals surface area (Å²) in [4.78, 5) is 4.00. The van der Waals surface area contributed by atoms with Gasteiger partial charge in [0.05, 0.1) is 0 Å². The average Bonchev–Trinajstić information content (AvgIpc) is 2.39. The van der Waals surface area contributed by atoms with Crippen molar-refractivity contribution in [3.63, 3.8) is 0 Å². The van der Waals surface area contributed by atoms with Crippen LogP contribution in [0.3, 0.4) is 0 Å². The summed E-state index contributed by atoms with van der Waals surface area (Å²) in [6.07, 6.45) is 1.56. The molecule has 1 aromatic carbocycles. The van der Waals surface area contributed by atoms with Gasteiger partial charge in [0.1, 0.15) is 0 Å². The van der Waals surface area contributed by atoms with Crippen molar-refractivity contribution >= 4 is 15.7 Å². The Morgan fingerprint density at radius 2 is 2.00 bits per heavy atom. The molecule has 0 saturated carbocycles. The van der Waals surface area contributed by atoms with E-state index in [0.29, 0.717) is 12.2 Å². The molecule has 106 valence electrons. The van der Waals surface area contributed by atoms with E-state index in [0.717, 1.165) is 11.1 Å². The number of aromatic nitrogens is 1. The van der Waals surface area contributed by atoms with E-state index in [-0.39, 0.29) is 5.03 Å². The summed E-state index contributed by atoms with van der Waals surface area (Å²) in [6, 6.07) is 10.4. The van der Waals surface area contributed by atoms with Crippen LogP contribution in [0.2, 0.25) is 0 Å². The van der Waals surface area contributed by atoms with Crippen LogP contribution >= 0.6 is 0 Å². The summed E-state index contributed by atoms with van der Waals surface area (Å²) in [5, 5.41) is 3.00. The average molecular weight is 291 g/mol. The van der Waals surface area contributed by atoms with E-state index in [4.69, 9.17) is 0 Å². The topological polar surface area (TPSA) is 71.1 Å². The van der Waals surface area contributed by atoms with Crippen LogP contribution in [0.15, 0.2) is 47.6 Å². The van der Waals surface area contributed by atoms with Crippen molar-refractivity contribution in [3.8, 4) is 0 Å². The van der Waals surface area contributed by atoms with E-state index in [9.17, 15) is 8.42 Å². The summed E-state index contributed by atoms with van der Waals surface area (Å²) in [6.45, 7) is 2.56. The van der Waals surface area contributed by atoms with Crippen molar-refractivity contribution in [1.82, 2.24) is 10.3 Å². The monoisotopic (exact) mass is 291 g/mol. The van der Waals surface area contributed by atoms with Crippen molar-refractivity contribution in [2.45, 2.75) is 18.5 Å². The second-order valence-electron chi connectivity index (χ2n) is 4.51. The predicted octanol–water partition coefficient (Wildman–Crippen LogP) is 1.91. The second-order valence-corrected chi connectivity index (χ2v) is 6.14. The number of anilines is 1. The Hall–Kier alpha value is -1.92. The molecular weight excluding hydrogens is 274 g/mol. The number of sulfonamides is 1. The lowest BCUT2D eigenvalue weighted by atomic mass is 10.2. The quantitative estimate of drug-likeness (QED) is 0.883. The molecule has 20 heavy (non-hydrogen) atoms. The smallest absolute Gasteiger partial charge is 0.279 e. The lowest BCUT2D eigenvalue weighted by Crippen LogP contribution is -2.15. The number of benzene rings is 1. The van der Waals surface area contributed by atoms with Crippen LogP contribution in [-0.2, 0) is 16.6 Å². The van der Waals surface area contributed by atoms with E-state index in [1.807, 2.05) is 20.0 Å². The van der Waals surface area contributed by atoms with E-state index in [1.54, 1.807) is 30.5 Å². The number of aryl methyl sites for hydroxylation is 1. The molecule has 2 N–H and O–H groups in total. The van der Waals surface area contributed by atoms with Gasteiger partial charge in [0.25, 0.3) is 10.0 Å². The number of pyridine rings is 1. The van der Waals surface area contributed by atoms with E-state index < -0.39 is 10.0 Å². The number of hydrogen-bond donors (Lipinski definition) is 2. The fraction of sp³-hybridized carbons (Fsp3) is 0.214. The minimum absolute atomic E-state index is 0.0128. The van der Waals surface area contributed by atoms with Crippen LogP contribution in [0.25, 0.3) is 0 Å². The molecule has 0 radical (unpaired) electrons. The molecular formula is C14H17N3O2S. The molecule has 1 heterocycles. The number of hydrogen-bond acceptors (Lipinski definition) is 4. The highest BCUT2D eigenvalue weighted by Gasteiger charge is 2.15. The van der Waals surface area contributed by atoms with Crippen LogP contribution < -0.4 is 10.0 Å². The zero-order chi connectivity index (χ0) is 14.6. The molecule has 0 unspecified atom stereocenters. The first-order valence-corrected chi connectivity index (χ1v) is 7.68. The van der Waals surface area contributed by atoms with E-state index in [1.165, 1.54) is 6.07 Å². The third-order valence-corrected chi connectivity index (χ3v) is 4.02. The van der Waals surface area contributed by atoms with Gasteiger partial charge in [-0.1, -0.05) is 18.2 Å². The second kappa shape index (κ2) is 6.02. The fourth-order valence-electron chi connectivity index (χ4n) is 1.79. The Bertz CT molecular complexity index is 682. The molecule has 0 saturated heterocycles. The molecule has 0 fully saturated rings. The fourth-order valence-corrected chi connectivity index (χ4v) is 2.78. The Balaban J connectivity index is 2.21. The molecule has 0 amide bonds. The maximum atomic E-state index is 12.2. The van der Waals surface area contributed by atoms with Gasteiger partial charge in [0.15, 0.2) is 5.03 Å². The molecule has 0 aliphatic rings. The van der Waals surface area contributed by atoms with Crippen molar-refractivity contribution in [3.05, 3.63) is 53.7 Å². The van der Waals surface area contributed by atoms with Crippen LogP contribution in [-0.4, -0.2) is 20.4 Å². The van der Waals surface area contributed by atoms with Crippen molar-refractivity contribution in [1.29, 1.82) is 0 Å². The Labute approximate surface area is 119 Å². The summed E-state index contributed by atoms with van der Waals surface area (Å²) >= 11 is 0. The molecule has 2 aromatic rings. The first-order valence-electron chi connectivity index (χ1n) is 6.20. The molecule has 0 atom stereocenters. The van der Waals surface area contributed by atoms with Crippen LogP contribution in [0.4, 0.5) is 5.69 Å². The maximum Gasteiger partial charge on any atom is 0.279 e. The summed E-state index contributed by atoms with van der Waals surface area (Å²) in [5.74, 6) is 0. The summed E-state index contributed by atoms with van der Waals surface area (Å²) in [7, 11) is -1.82. The number of nitrogens with one attached hydrogen (secondary N) is 2. The maximum absolute atomic E-state index is 12.2. The molecule has 1 aromatic heterocycles. The van der Waals surface area contributed by atoms with E-state index >= 15 is 0 Å². The van der Waals surface area contributed by atoms with Crippen molar-refractivity contribution in [2.24, 2.45) is 0 Å². The van der Waals surface area contributed by atoms with Gasteiger partial charge >= 0.3 is 0 Å². The highest BCUT2D eigenvalue weighted by atomic mass is 32.2. The highest BCUT2D eigenvalue weighted by molar-refractivity contribution is 7.92. The van der Waals surface area contributed by atoms with Gasteiger partial charge in [-0.3, -0.25) is 4.72 Å². The third kappa shape index (κ3) is 3.55. The van der Waals surface area contributed by atoms with Gasteiger partial charge in [0.2, 0.25) is 0 Å². The summed E-state index contributed by atoms with van der Waals surface area (Å²) in [5.41, 5.74) is 2.45. The van der Waals surface area contributed by atoms with Crippen LogP contribution in [0.5, 0.6) is 0 Å². The van der Waals surface area contributed by atoms with Gasteiger partial charge in [-0.05, 0) is 43.3 Å². The van der Waals surface area contributed by atoms with Gasteiger partial charge in [0, 0.05) is 18.4 Å². The molecule has 5 nitrogen and oxygen atoms in total. The zero-order valence-electron chi connectivity index (χ0n) is 11.4. The zero-order valence-corrected chi connectivity index (χ0v) is 12.2. The Kier molecular flexibility index (Phi) is 4.36. The number of nitrogens with zero attached hydrogens (tertiary/aromatic N) is 1. The van der Waals surface area contributed by atoms with Gasteiger partial charge < -0.3 is 5.32 Å². The SMILES string of the molecule is CNCc1ccc(S(=O)(=O)Nc2cccc(C)c2)nc1. The van der Waals surface area contributed by atoms with Crippen molar-refractivity contribution < 1.29 is 8.42 Å². The standard InChI is InChI=1S/C14H17N3O2S/c1-11-4-3-5-13(8-11)17-20(18,19)14-7-6-12(9-15-2)10-16-14/h3-8,10,15,17H,9H2,1-2H3.